The van der Waals surface area contributed by atoms with Crippen molar-refractivity contribution in [3.63, 3.8) is 0 Å². The van der Waals surface area contributed by atoms with Crippen molar-refractivity contribution in [2.45, 2.75) is 297 Å². The number of esters is 3. The Kier molecular flexibility index (Phi) is 45.8. The highest BCUT2D eigenvalue weighted by molar-refractivity contribution is 5.71. The molecular weight excluding hydrogens is 709 g/mol. The van der Waals surface area contributed by atoms with E-state index in [0.717, 1.165) is 57.8 Å². The fraction of sp³-hybridized carbons (Fsp3) is 0.941. The van der Waals surface area contributed by atoms with Crippen molar-refractivity contribution >= 4 is 17.9 Å². The molecule has 0 aromatic carbocycles. The molecule has 0 radical (unpaired) electrons. The van der Waals surface area contributed by atoms with Gasteiger partial charge < -0.3 is 14.2 Å². The molecule has 0 bridgehead atoms. The van der Waals surface area contributed by atoms with E-state index in [0.29, 0.717) is 19.3 Å². The van der Waals surface area contributed by atoms with Crippen molar-refractivity contribution in [2.24, 2.45) is 0 Å². The molecule has 0 heterocycles. The number of hydrogen-bond donors (Lipinski definition) is 0. The Labute approximate surface area is 355 Å². The second kappa shape index (κ2) is 47.1. The molecule has 0 rings (SSSR count). The number of carbonyl (C=O) groups is 3. The van der Waals surface area contributed by atoms with E-state index in [9.17, 15) is 14.4 Å². The SMILES string of the molecule is CCCCCCCCCCCCCCCCCC(=O)OCC(COC(=O)CCCCCCCCCCCCCCCCC)OC(=O)CCCCCCCCCCC. The van der Waals surface area contributed by atoms with E-state index in [1.54, 1.807) is 0 Å². The van der Waals surface area contributed by atoms with Crippen molar-refractivity contribution in [2.75, 3.05) is 13.2 Å². The van der Waals surface area contributed by atoms with Crippen molar-refractivity contribution < 1.29 is 28.6 Å². The maximum absolute atomic E-state index is 12.7. The molecule has 338 valence electrons. The number of hydrogen-bond acceptors (Lipinski definition) is 6. The second-order valence-corrected chi connectivity index (χ2v) is 17.5. The minimum absolute atomic E-state index is 0.0622. The Bertz CT molecular complexity index is 794. The van der Waals surface area contributed by atoms with Gasteiger partial charge in [0.05, 0.1) is 0 Å². The van der Waals surface area contributed by atoms with Gasteiger partial charge in [0.15, 0.2) is 6.10 Å². The van der Waals surface area contributed by atoms with Crippen LogP contribution in [0.4, 0.5) is 0 Å². The monoisotopic (exact) mass is 807 g/mol. The Hall–Kier alpha value is -1.59. The van der Waals surface area contributed by atoms with Crippen molar-refractivity contribution in [1.82, 2.24) is 0 Å². The quantitative estimate of drug-likeness (QED) is 0.0346. The van der Waals surface area contributed by atoms with Gasteiger partial charge in [0, 0.05) is 19.3 Å². The van der Waals surface area contributed by atoms with Gasteiger partial charge in [0.2, 0.25) is 0 Å². The minimum Gasteiger partial charge on any atom is -0.462 e. The Morgan fingerprint density at radius 1 is 0.281 bits per heavy atom. The first-order valence-corrected chi connectivity index (χ1v) is 25.5. The topological polar surface area (TPSA) is 78.9 Å². The van der Waals surface area contributed by atoms with E-state index >= 15 is 0 Å². The zero-order valence-corrected chi connectivity index (χ0v) is 38.6. The zero-order valence-electron chi connectivity index (χ0n) is 38.6. The third-order valence-corrected chi connectivity index (χ3v) is 11.6. The van der Waals surface area contributed by atoms with Gasteiger partial charge in [0.1, 0.15) is 13.2 Å². The molecule has 0 aromatic heterocycles. The van der Waals surface area contributed by atoms with E-state index in [-0.39, 0.29) is 31.1 Å². The number of carbonyl (C=O) groups excluding carboxylic acids is 3. The van der Waals surface area contributed by atoms with E-state index in [1.807, 2.05) is 0 Å². The summed E-state index contributed by atoms with van der Waals surface area (Å²) in [5.41, 5.74) is 0. The van der Waals surface area contributed by atoms with Crippen LogP contribution in [0.2, 0.25) is 0 Å². The molecule has 0 aliphatic heterocycles. The van der Waals surface area contributed by atoms with Gasteiger partial charge in [-0.25, -0.2) is 0 Å². The van der Waals surface area contributed by atoms with Gasteiger partial charge in [-0.05, 0) is 19.3 Å². The van der Waals surface area contributed by atoms with Gasteiger partial charge in [-0.1, -0.05) is 252 Å². The number of unbranched alkanes of at least 4 members (excludes halogenated alkanes) is 36. The molecule has 0 unspecified atom stereocenters. The highest BCUT2D eigenvalue weighted by atomic mass is 16.6. The molecular formula is C51H98O6. The first-order valence-electron chi connectivity index (χ1n) is 25.5. The van der Waals surface area contributed by atoms with Gasteiger partial charge in [-0.15, -0.1) is 0 Å². The Morgan fingerprint density at radius 2 is 0.474 bits per heavy atom. The lowest BCUT2D eigenvalue weighted by Crippen LogP contribution is -2.30. The average molecular weight is 807 g/mol. The Morgan fingerprint density at radius 3 is 0.702 bits per heavy atom. The molecule has 0 fully saturated rings. The number of ether oxygens (including phenoxy) is 3. The third kappa shape index (κ3) is 45.3. The van der Waals surface area contributed by atoms with E-state index in [4.69, 9.17) is 14.2 Å². The zero-order chi connectivity index (χ0) is 41.5. The minimum atomic E-state index is -0.758. The second-order valence-electron chi connectivity index (χ2n) is 17.5. The van der Waals surface area contributed by atoms with Crippen LogP contribution in [0.5, 0.6) is 0 Å². The van der Waals surface area contributed by atoms with Crippen LogP contribution in [0.1, 0.15) is 290 Å². The van der Waals surface area contributed by atoms with E-state index in [2.05, 4.69) is 20.8 Å². The lowest BCUT2D eigenvalue weighted by Gasteiger charge is -2.18. The molecule has 0 aliphatic carbocycles. The number of rotatable bonds is 47. The summed E-state index contributed by atoms with van der Waals surface area (Å²) in [7, 11) is 0. The molecule has 0 aromatic rings. The van der Waals surface area contributed by atoms with Crippen LogP contribution >= 0.6 is 0 Å². The molecule has 0 aliphatic rings. The highest BCUT2D eigenvalue weighted by Crippen LogP contribution is 2.17. The van der Waals surface area contributed by atoms with Crippen LogP contribution in [0.3, 0.4) is 0 Å². The first kappa shape index (κ1) is 55.4. The summed E-state index contributed by atoms with van der Waals surface area (Å²) >= 11 is 0. The summed E-state index contributed by atoms with van der Waals surface area (Å²) in [4.78, 5) is 37.8. The smallest absolute Gasteiger partial charge is 0.306 e. The molecule has 0 N–H and O–H groups in total. The maximum Gasteiger partial charge on any atom is 0.306 e. The standard InChI is InChI=1S/C51H98O6/c1-4-7-10-13-16-19-21-23-25-27-29-32-34-37-40-43-49(52)55-46-48(57-51(54)45-42-39-36-31-18-15-12-9-6-3)47-56-50(53)44-41-38-35-33-30-28-26-24-22-20-17-14-11-8-5-2/h48H,4-47H2,1-3H3. The third-order valence-electron chi connectivity index (χ3n) is 11.6. The molecule has 6 nitrogen and oxygen atoms in total. The largest absolute Gasteiger partial charge is 0.462 e. The van der Waals surface area contributed by atoms with Gasteiger partial charge in [0.25, 0.3) is 0 Å². The van der Waals surface area contributed by atoms with Crippen LogP contribution in [0, 0.1) is 0 Å². The summed E-state index contributed by atoms with van der Waals surface area (Å²) in [6.07, 6.45) is 49.4. The molecule has 0 spiro atoms. The maximum atomic E-state index is 12.7. The molecule has 0 amide bonds. The van der Waals surface area contributed by atoms with Crippen molar-refractivity contribution in [3.8, 4) is 0 Å². The molecule has 6 heteroatoms. The van der Waals surface area contributed by atoms with E-state index in [1.165, 1.54) is 193 Å². The summed E-state index contributed by atoms with van der Waals surface area (Å²) in [5, 5.41) is 0. The summed E-state index contributed by atoms with van der Waals surface area (Å²) < 4.78 is 16.8. The van der Waals surface area contributed by atoms with Gasteiger partial charge in [-0.3, -0.25) is 14.4 Å². The fourth-order valence-corrected chi connectivity index (χ4v) is 7.74. The van der Waals surface area contributed by atoms with Crippen LogP contribution in [0.25, 0.3) is 0 Å². The van der Waals surface area contributed by atoms with Crippen LogP contribution in [0.15, 0.2) is 0 Å². The predicted molar refractivity (Wildman–Crippen MR) is 243 cm³/mol. The van der Waals surface area contributed by atoms with Crippen LogP contribution in [-0.2, 0) is 28.6 Å². The van der Waals surface area contributed by atoms with Gasteiger partial charge >= 0.3 is 17.9 Å². The lowest BCUT2D eigenvalue weighted by atomic mass is 10.0. The lowest BCUT2D eigenvalue weighted by molar-refractivity contribution is -0.167. The summed E-state index contributed by atoms with van der Waals surface area (Å²) in [5.74, 6) is -0.845. The fourth-order valence-electron chi connectivity index (χ4n) is 7.74. The van der Waals surface area contributed by atoms with Crippen molar-refractivity contribution in [1.29, 1.82) is 0 Å². The highest BCUT2D eigenvalue weighted by Gasteiger charge is 2.19. The predicted octanol–water partition coefficient (Wildman–Crippen LogP) is 16.4. The van der Waals surface area contributed by atoms with Crippen LogP contribution in [-0.4, -0.2) is 37.2 Å². The molecule has 0 saturated heterocycles. The average Bonchev–Trinajstić information content (AvgIpc) is 3.21. The Balaban J connectivity index is 4.24. The van der Waals surface area contributed by atoms with Crippen LogP contribution < -0.4 is 0 Å². The summed E-state index contributed by atoms with van der Waals surface area (Å²) in [6, 6.07) is 0. The first-order chi connectivity index (χ1) is 28.0. The van der Waals surface area contributed by atoms with Crippen molar-refractivity contribution in [3.05, 3.63) is 0 Å². The summed E-state index contributed by atoms with van der Waals surface area (Å²) in [6.45, 7) is 6.66. The van der Waals surface area contributed by atoms with E-state index < -0.39 is 6.10 Å². The normalized spacial score (nSPS) is 11.4. The molecule has 0 saturated carbocycles. The molecule has 0 atom stereocenters. The molecule has 57 heavy (non-hydrogen) atoms. The van der Waals surface area contributed by atoms with Gasteiger partial charge in [-0.2, -0.15) is 0 Å².